The summed E-state index contributed by atoms with van der Waals surface area (Å²) in [5.74, 6) is 0. The molecule has 0 amide bonds. The van der Waals surface area contributed by atoms with Crippen molar-refractivity contribution in [2.45, 2.75) is 31.8 Å². The Morgan fingerprint density at radius 1 is 1.03 bits per heavy atom. The van der Waals surface area contributed by atoms with Crippen molar-refractivity contribution in [2.24, 2.45) is 0 Å². The van der Waals surface area contributed by atoms with Crippen LogP contribution in [-0.2, 0) is 13.1 Å². The highest BCUT2D eigenvalue weighted by atomic mass is 32.2. The van der Waals surface area contributed by atoms with Crippen LogP contribution in [0.5, 0.6) is 0 Å². The van der Waals surface area contributed by atoms with Crippen molar-refractivity contribution in [3.63, 3.8) is 0 Å². The fourth-order valence-corrected chi connectivity index (χ4v) is 6.54. The number of thiazole rings is 1. The number of anilines is 1. The minimum Gasteiger partial charge on any atom is -0.337 e. The lowest BCUT2D eigenvalue weighted by atomic mass is 10.2. The second kappa shape index (κ2) is 9.04. The summed E-state index contributed by atoms with van der Waals surface area (Å²) in [5, 5.41) is 1.01. The van der Waals surface area contributed by atoms with E-state index in [0.717, 1.165) is 26.5 Å². The van der Waals surface area contributed by atoms with E-state index in [2.05, 4.69) is 84.2 Å². The van der Waals surface area contributed by atoms with Gasteiger partial charge in [0.15, 0.2) is 12.7 Å². The van der Waals surface area contributed by atoms with Crippen LogP contribution >= 0.6 is 23.1 Å². The summed E-state index contributed by atoms with van der Waals surface area (Å²) in [6.45, 7) is 5.56. The molecular weight excluding hydrogens is 446 g/mol. The van der Waals surface area contributed by atoms with E-state index in [1.165, 1.54) is 21.7 Å². The van der Waals surface area contributed by atoms with Gasteiger partial charge in [0, 0.05) is 42.3 Å². The van der Waals surface area contributed by atoms with Gasteiger partial charge >= 0.3 is 0 Å². The molecule has 6 heteroatoms. The van der Waals surface area contributed by atoms with Crippen LogP contribution in [0.15, 0.2) is 82.6 Å². The second-order valence-corrected chi connectivity index (χ2v) is 10.2. The fourth-order valence-electron chi connectivity index (χ4n) is 4.10. The van der Waals surface area contributed by atoms with E-state index >= 15 is 0 Å². The van der Waals surface area contributed by atoms with E-state index < -0.39 is 0 Å². The second-order valence-electron chi connectivity index (χ2n) is 8.14. The van der Waals surface area contributed by atoms with Crippen LogP contribution in [0.3, 0.4) is 0 Å². The molecule has 0 radical (unpaired) electrons. The van der Waals surface area contributed by atoms with Gasteiger partial charge in [0.1, 0.15) is 14.2 Å². The van der Waals surface area contributed by atoms with E-state index in [4.69, 9.17) is 0 Å². The average Bonchev–Trinajstić information content (AvgIpc) is 3.31. The summed E-state index contributed by atoms with van der Waals surface area (Å²) >= 11 is 3.26. The number of hydrogen-bond donors (Lipinski definition) is 0. The smallest absolute Gasteiger partial charge is 0.271 e. The van der Waals surface area contributed by atoms with Crippen LogP contribution in [0, 0.1) is 6.92 Å². The summed E-state index contributed by atoms with van der Waals surface area (Å²) in [6.07, 6.45) is 4.23. The molecule has 0 aliphatic carbocycles. The number of rotatable bonds is 4. The molecule has 0 bridgehead atoms. The summed E-state index contributed by atoms with van der Waals surface area (Å²) in [4.78, 5) is 16.8. The highest BCUT2D eigenvalue weighted by Crippen LogP contribution is 2.45. The maximum absolute atomic E-state index is 13.4. The number of benzene rings is 2. The molecule has 0 unspecified atom stereocenters. The lowest BCUT2D eigenvalue weighted by Gasteiger charge is -2.12. The molecule has 166 valence electrons. The molecule has 5 rings (SSSR count). The Balaban J connectivity index is 1.63. The summed E-state index contributed by atoms with van der Waals surface area (Å²) in [7, 11) is 2.05. The summed E-state index contributed by atoms with van der Waals surface area (Å²) in [6, 6.07) is 23.1. The molecule has 4 aromatic rings. The van der Waals surface area contributed by atoms with Crippen molar-refractivity contribution in [1.29, 1.82) is 0 Å². The molecule has 0 atom stereocenters. The number of fused-ring (bicyclic) bond motifs is 1. The molecule has 1 aliphatic rings. The Bertz CT molecular complexity index is 1500. The molecule has 0 saturated heterocycles. The number of pyridine rings is 1. The minimum absolute atomic E-state index is 0.0816. The zero-order valence-electron chi connectivity index (χ0n) is 19.0. The summed E-state index contributed by atoms with van der Waals surface area (Å²) < 4.78 is 5.88. The fraction of sp³-hybridized carbons (Fsp3) is 0.185. The van der Waals surface area contributed by atoms with Crippen molar-refractivity contribution in [1.82, 2.24) is 4.57 Å². The molecule has 0 fully saturated rings. The van der Waals surface area contributed by atoms with Crippen LogP contribution in [0.25, 0.3) is 11.1 Å². The highest BCUT2D eigenvalue weighted by Gasteiger charge is 2.24. The Morgan fingerprint density at radius 2 is 1.82 bits per heavy atom. The highest BCUT2D eigenvalue weighted by molar-refractivity contribution is 8.08. The van der Waals surface area contributed by atoms with Gasteiger partial charge in [0.2, 0.25) is 5.69 Å². The van der Waals surface area contributed by atoms with E-state index in [0.29, 0.717) is 6.54 Å². The van der Waals surface area contributed by atoms with Gasteiger partial charge in [-0.2, -0.15) is 4.57 Å². The zero-order valence-corrected chi connectivity index (χ0v) is 20.6. The average molecular weight is 473 g/mol. The van der Waals surface area contributed by atoms with E-state index in [1.807, 2.05) is 29.7 Å². The monoisotopic (exact) mass is 472 g/mol. The Kier molecular flexibility index (Phi) is 5.96. The van der Waals surface area contributed by atoms with Gasteiger partial charge in [0.05, 0.1) is 5.69 Å². The van der Waals surface area contributed by atoms with Gasteiger partial charge < -0.3 is 4.90 Å². The lowest BCUT2D eigenvalue weighted by Crippen LogP contribution is -2.38. The standard InChI is InChI=1S/C27H26N3OS2/c1-4-30-24(17-21-12-8-9-15-29(21)18-20-10-6-5-7-11-20)33-25(26(30)31)27-28(3)22-16-19(2)13-14-23(22)32-27/h5-17H,4,18H2,1-3H3/q+1/b27-25+. The number of hydrogen-bond acceptors (Lipinski definition) is 4. The molecule has 3 heterocycles. The predicted molar refractivity (Wildman–Crippen MR) is 138 cm³/mol. The quantitative estimate of drug-likeness (QED) is 0.424. The Labute approximate surface area is 201 Å². The van der Waals surface area contributed by atoms with Gasteiger partial charge in [-0.1, -0.05) is 48.2 Å². The normalized spacial score (nSPS) is 15.2. The number of nitrogens with zero attached hydrogens (tertiary/aromatic N) is 3. The van der Waals surface area contributed by atoms with Crippen LogP contribution < -0.4 is 24.2 Å². The number of aromatic nitrogens is 2. The molecule has 0 N–H and O–H groups in total. The topological polar surface area (TPSA) is 29.1 Å². The first-order valence-corrected chi connectivity index (χ1v) is 12.7. The molecule has 0 saturated carbocycles. The van der Waals surface area contributed by atoms with Crippen molar-refractivity contribution in [3.8, 4) is 0 Å². The van der Waals surface area contributed by atoms with E-state index in [9.17, 15) is 4.79 Å². The molecule has 2 aromatic carbocycles. The van der Waals surface area contributed by atoms with E-state index in [-0.39, 0.29) is 5.56 Å². The lowest BCUT2D eigenvalue weighted by molar-refractivity contribution is -0.690. The molecular formula is C27H26N3OS2+. The van der Waals surface area contributed by atoms with E-state index in [1.54, 1.807) is 23.1 Å². The molecule has 1 aliphatic heterocycles. The largest absolute Gasteiger partial charge is 0.337 e. The molecule has 2 aromatic heterocycles. The first-order valence-electron chi connectivity index (χ1n) is 11.1. The SMILES string of the molecule is CCn1c(=O)/c(=C2\Sc3ccc(C)cc3N2C)s/c1=C\c1cccc[n+]1Cc1ccccc1. The maximum Gasteiger partial charge on any atom is 0.271 e. The molecule has 0 spiro atoms. The molecule has 33 heavy (non-hydrogen) atoms. The maximum atomic E-state index is 13.4. The van der Waals surface area contributed by atoms with Crippen molar-refractivity contribution < 1.29 is 4.57 Å². The Hall–Kier alpha value is -3.09. The van der Waals surface area contributed by atoms with Crippen LogP contribution in [-0.4, -0.2) is 11.6 Å². The zero-order chi connectivity index (χ0) is 22.9. The van der Waals surface area contributed by atoms with Gasteiger partial charge in [-0.3, -0.25) is 9.36 Å². The van der Waals surface area contributed by atoms with Crippen LogP contribution in [0.1, 0.15) is 23.7 Å². The number of aryl methyl sites for hydroxylation is 1. The van der Waals surface area contributed by atoms with Gasteiger partial charge in [-0.15, -0.1) is 11.3 Å². The van der Waals surface area contributed by atoms with Gasteiger partial charge in [-0.05, 0) is 37.6 Å². The first kappa shape index (κ1) is 21.7. The van der Waals surface area contributed by atoms with Gasteiger partial charge in [-0.25, -0.2) is 0 Å². The predicted octanol–water partition coefficient (Wildman–Crippen LogP) is 3.71. The third kappa shape index (κ3) is 4.16. The third-order valence-electron chi connectivity index (χ3n) is 5.85. The van der Waals surface area contributed by atoms with Crippen LogP contribution in [0.2, 0.25) is 0 Å². The Morgan fingerprint density at radius 3 is 2.61 bits per heavy atom. The summed E-state index contributed by atoms with van der Waals surface area (Å²) in [5.41, 5.74) is 4.79. The van der Waals surface area contributed by atoms with Crippen molar-refractivity contribution >= 4 is 39.9 Å². The first-order chi connectivity index (χ1) is 16.0. The van der Waals surface area contributed by atoms with Crippen molar-refractivity contribution in [3.05, 3.63) is 109 Å². The van der Waals surface area contributed by atoms with Crippen LogP contribution in [0.4, 0.5) is 5.69 Å². The minimum atomic E-state index is 0.0816. The van der Waals surface area contributed by atoms with Gasteiger partial charge in [0.25, 0.3) is 5.56 Å². The third-order valence-corrected chi connectivity index (χ3v) is 8.34. The van der Waals surface area contributed by atoms with Crippen molar-refractivity contribution in [2.75, 3.05) is 11.9 Å². The molecule has 4 nitrogen and oxygen atoms in total. The number of thioether (sulfide) groups is 1.